The zero-order valence-corrected chi connectivity index (χ0v) is 26.6. The van der Waals surface area contributed by atoms with Crippen molar-refractivity contribution in [2.45, 2.75) is 57.4 Å². The number of nitrogens with one attached hydrogen (secondary N) is 1. The number of rotatable bonds is 8. The first-order valence-electron chi connectivity index (χ1n) is 15.4. The van der Waals surface area contributed by atoms with Crippen LogP contribution in [0.3, 0.4) is 0 Å². The van der Waals surface area contributed by atoms with Gasteiger partial charge in [-0.15, -0.1) is 0 Å². The topological polar surface area (TPSA) is 96.8 Å². The number of benzene rings is 2. The van der Waals surface area contributed by atoms with E-state index in [4.69, 9.17) is 4.74 Å². The minimum atomic E-state index is -3.81. The van der Waals surface area contributed by atoms with Crippen LogP contribution in [0.2, 0.25) is 0 Å². The zero-order valence-electron chi connectivity index (χ0n) is 25.8. The lowest BCUT2D eigenvalue weighted by atomic mass is 9.71. The van der Waals surface area contributed by atoms with E-state index in [2.05, 4.69) is 26.7 Å². The van der Waals surface area contributed by atoms with E-state index in [1.807, 2.05) is 46.3 Å². The van der Waals surface area contributed by atoms with Crippen LogP contribution in [0.15, 0.2) is 72.0 Å². The molecule has 44 heavy (non-hydrogen) atoms. The largest absolute Gasteiger partial charge is 0.497 e. The van der Waals surface area contributed by atoms with Gasteiger partial charge >= 0.3 is 0 Å². The van der Waals surface area contributed by atoms with Crippen molar-refractivity contribution in [3.05, 3.63) is 78.2 Å². The molecule has 0 radical (unpaired) electrons. The highest BCUT2D eigenvalue weighted by Gasteiger charge is 2.38. The summed E-state index contributed by atoms with van der Waals surface area (Å²) in [6.07, 6.45) is 10.5. The number of anilines is 2. The highest BCUT2D eigenvalue weighted by Crippen LogP contribution is 2.42. The van der Waals surface area contributed by atoms with E-state index in [1.165, 1.54) is 5.69 Å². The molecule has 0 bridgehead atoms. The van der Waals surface area contributed by atoms with E-state index in [0.29, 0.717) is 40.9 Å². The average Bonchev–Trinajstić information content (AvgIpc) is 3.42. The molecule has 1 N–H and O–H groups in total. The van der Waals surface area contributed by atoms with Gasteiger partial charge in [-0.3, -0.25) is 14.5 Å². The first-order valence-corrected chi connectivity index (χ1v) is 16.8. The molecule has 2 fully saturated rings. The third-order valence-corrected chi connectivity index (χ3v) is 11.2. The molecule has 0 atom stereocenters. The van der Waals surface area contributed by atoms with Gasteiger partial charge in [0.05, 0.1) is 23.2 Å². The van der Waals surface area contributed by atoms with Crippen LogP contribution in [-0.4, -0.2) is 62.1 Å². The van der Waals surface area contributed by atoms with Gasteiger partial charge in [-0.2, -0.15) is 0 Å². The van der Waals surface area contributed by atoms with E-state index in [1.54, 1.807) is 39.2 Å². The van der Waals surface area contributed by atoms with Crippen molar-refractivity contribution in [1.82, 2.24) is 14.5 Å². The molecule has 2 saturated heterocycles. The minimum Gasteiger partial charge on any atom is -0.497 e. The molecule has 0 unspecified atom stereocenters. The molecule has 4 aromatic rings. The molecular formula is C34H41N5O4S. The second-order valence-electron chi connectivity index (χ2n) is 12.3. The molecule has 0 aliphatic carbocycles. The number of sulfonamides is 1. The summed E-state index contributed by atoms with van der Waals surface area (Å²) in [6.45, 7) is 7.81. The molecule has 1 amide bonds. The second kappa shape index (κ2) is 12.1. The molecule has 1 spiro atoms. The van der Waals surface area contributed by atoms with Crippen LogP contribution in [-0.2, 0) is 21.4 Å². The fourth-order valence-corrected chi connectivity index (χ4v) is 8.50. The monoisotopic (exact) mass is 615 g/mol. The number of aromatic nitrogens is 2. The molecule has 232 valence electrons. The molecule has 2 aliphatic rings. The average molecular weight is 616 g/mol. The van der Waals surface area contributed by atoms with Crippen LogP contribution in [0, 0.1) is 19.3 Å². The lowest BCUT2D eigenvalue weighted by Gasteiger charge is -2.47. The number of aryl methyl sites for hydroxylation is 3. The molecule has 2 aliphatic heterocycles. The second-order valence-corrected chi connectivity index (χ2v) is 13.9. The number of piperidine rings is 2. The molecule has 9 nitrogen and oxygen atoms in total. The van der Waals surface area contributed by atoms with E-state index < -0.39 is 10.0 Å². The molecule has 10 heteroatoms. The number of ether oxygens (including phenoxy) is 1. The molecule has 6 rings (SSSR count). The zero-order chi connectivity index (χ0) is 30.9. The highest BCUT2D eigenvalue weighted by molar-refractivity contribution is 7.92. The summed E-state index contributed by atoms with van der Waals surface area (Å²) in [5.41, 5.74) is 4.19. The number of nitrogens with zero attached hydrogens (tertiary/aromatic N) is 4. The number of carbonyl (C=O) groups excluding carboxylic acids is 1. The standard InChI is InChI=1S/C34H41N5O4S/c1-25-22-30(43-3)23-26(2)33(25)44(41,42)36-28-5-4-27-8-16-38(31(27)24-28)17-9-32(40)39-20-12-34(13-21-39)10-18-37(19-11-34)29-6-14-35-15-7-29/h4-8,14-16,22-24,36H,9-13,17-21H2,1-3H3. The van der Waals surface area contributed by atoms with Gasteiger partial charge in [-0.1, -0.05) is 6.07 Å². The third-order valence-electron chi connectivity index (χ3n) is 9.56. The number of likely N-dealkylation sites (tertiary alicyclic amines) is 1. The van der Waals surface area contributed by atoms with Gasteiger partial charge in [0.2, 0.25) is 5.91 Å². The van der Waals surface area contributed by atoms with Gasteiger partial charge in [0.15, 0.2) is 0 Å². The number of amides is 1. The Kier molecular flexibility index (Phi) is 8.28. The van der Waals surface area contributed by atoms with Crippen molar-refractivity contribution in [3.63, 3.8) is 0 Å². The molecule has 4 heterocycles. The number of fused-ring (bicyclic) bond motifs is 1. The summed E-state index contributed by atoms with van der Waals surface area (Å²) < 4.78 is 36.8. The van der Waals surface area contributed by atoms with Crippen molar-refractivity contribution in [2.24, 2.45) is 5.41 Å². The Bertz CT molecular complexity index is 1730. The Morgan fingerprint density at radius 1 is 0.932 bits per heavy atom. The van der Waals surface area contributed by atoms with Gasteiger partial charge < -0.3 is 19.1 Å². The van der Waals surface area contributed by atoms with Crippen LogP contribution in [0.1, 0.15) is 43.2 Å². The van der Waals surface area contributed by atoms with Crippen molar-refractivity contribution >= 4 is 38.2 Å². The van der Waals surface area contributed by atoms with Crippen molar-refractivity contribution in [2.75, 3.05) is 42.9 Å². The van der Waals surface area contributed by atoms with Gasteiger partial charge in [-0.25, -0.2) is 8.42 Å². The SMILES string of the molecule is COc1cc(C)c(S(=O)(=O)Nc2ccc3ccn(CCC(=O)N4CCC5(CC4)CCN(c4ccncc4)CC5)c3c2)c(C)c1. The predicted octanol–water partition coefficient (Wildman–Crippen LogP) is 5.76. The van der Waals surface area contributed by atoms with Crippen LogP contribution in [0.25, 0.3) is 10.9 Å². The number of hydrogen-bond donors (Lipinski definition) is 1. The van der Waals surface area contributed by atoms with E-state index in [-0.39, 0.29) is 10.8 Å². The minimum absolute atomic E-state index is 0.179. The maximum atomic E-state index is 13.4. The van der Waals surface area contributed by atoms with Crippen LogP contribution in [0.4, 0.5) is 11.4 Å². The molecule has 2 aromatic heterocycles. The number of carbonyl (C=O) groups is 1. The van der Waals surface area contributed by atoms with Crippen molar-refractivity contribution in [1.29, 1.82) is 0 Å². The summed E-state index contributed by atoms with van der Waals surface area (Å²) in [7, 11) is -2.25. The first kappa shape index (κ1) is 30.0. The summed E-state index contributed by atoms with van der Waals surface area (Å²) in [6, 6.07) is 15.1. The fourth-order valence-electron chi connectivity index (χ4n) is 7.00. The normalized spacial score (nSPS) is 16.8. The summed E-state index contributed by atoms with van der Waals surface area (Å²) >= 11 is 0. The lowest BCUT2D eigenvalue weighted by Crippen LogP contribution is -2.48. The third kappa shape index (κ3) is 6.13. The van der Waals surface area contributed by atoms with Gasteiger partial charge in [0.25, 0.3) is 10.0 Å². The molecule has 2 aromatic carbocycles. The summed E-state index contributed by atoms with van der Waals surface area (Å²) in [5.74, 6) is 0.803. The van der Waals surface area contributed by atoms with E-state index in [9.17, 15) is 13.2 Å². The Morgan fingerprint density at radius 3 is 2.25 bits per heavy atom. The van der Waals surface area contributed by atoms with Gasteiger partial charge in [0.1, 0.15) is 5.75 Å². The Labute approximate surface area is 259 Å². The van der Waals surface area contributed by atoms with E-state index in [0.717, 1.165) is 62.8 Å². The predicted molar refractivity (Wildman–Crippen MR) is 174 cm³/mol. The maximum Gasteiger partial charge on any atom is 0.262 e. The Hall–Kier alpha value is -4.05. The summed E-state index contributed by atoms with van der Waals surface area (Å²) in [5, 5.41) is 0.996. The van der Waals surface area contributed by atoms with Gasteiger partial charge in [0, 0.05) is 63.4 Å². The van der Waals surface area contributed by atoms with Crippen LogP contribution >= 0.6 is 0 Å². The number of pyridine rings is 1. The van der Waals surface area contributed by atoms with Crippen molar-refractivity contribution < 1.29 is 17.9 Å². The maximum absolute atomic E-state index is 13.4. The Morgan fingerprint density at radius 2 is 1.59 bits per heavy atom. The number of methoxy groups -OCH3 is 1. The lowest BCUT2D eigenvalue weighted by molar-refractivity contribution is -0.134. The first-order chi connectivity index (χ1) is 21.2. The van der Waals surface area contributed by atoms with Crippen LogP contribution < -0.4 is 14.4 Å². The quantitative estimate of drug-likeness (QED) is 0.271. The fraction of sp³-hybridized carbons (Fsp3) is 0.412. The Balaban J connectivity index is 1.06. The number of hydrogen-bond acceptors (Lipinski definition) is 6. The summed E-state index contributed by atoms with van der Waals surface area (Å²) in [4.78, 5) is 22.1. The van der Waals surface area contributed by atoms with Crippen molar-refractivity contribution in [3.8, 4) is 5.75 Å². The molecule has 0 saturated carbocycles. The highest BCUT2D eigenvalue weighted by atomic mass is 32.2. The smallest absolute Gasteiger partial charge is 0.262 e. The van der Waals surface area contributed by atoms with Gasteiger partial charge in [-0.05, 0) is 104 Å². The van der Waals surface area contributed by atoms with E-state index >= 15 is 0 Å². The molecular weight excluding hydrogens is 574 g/mol. The van der Waals surface area contributed by atoms with Crippen LogP contribution in [0.5, 0.6) is 5.75 Å².